The maximum atomic E-state index is 12.2. The first-order valence-corrected chi connectivity index (χ1v) is 7.74. The predicted octanol–water partition coefficient (Wildman–Crippen LogP) is 0.489. The van der Waals surface area contributed by atoms with Crippen molar-refractivity contribution in [2.75, 3.05) is 20.2 Å². The van der Waals surface area contributed by atoms with Crippen LogP contribution in [0.1, 0.15) is 5.56 Å². The highest BCUT2D eigenvalue weighted by molar-refractivity contribution is 7.88. The Morgan fingerprint density at radius 2 is 2.19 bits per heavy atom. The molecule has 9 heteroatoms. The van der Waals surface area contributed by atoms with Gasteiger partial charge in [0.15, 0.2) is 0 Å². The van der Waals surface area contributed by atoms with Crippen molar-refractivity contribution in [1.29, 1.82) is 5.26 Å². The van der Waals surface area contributed by atoms with E-state index in [0.717, 1.165) is 4.31 Å². The van der Waals surface area contributed by atoms with Gasteiger partial charge in [0.2, 0.25) is 15.9 Å². The van der Waals surface area contributed by atoms with Crippen LogP contribution in [0.15, 0.2) is 18.2 Å². The van der Waals surface area contributed by atoms with Crippen molar-refractivity contribution in [3.8, 4) is 11.8 Å². The molecule has 1 amide bonds. The third-order valence-electron chi connectivity index (χ3n) is 2.54. The number of hydrogen-bond acceptors (Lipinski definition) is 5. The van der Waals surface area contributed by atoms with Crippen LogP contribution in [0.2, 0.25) is 5.02 Å². The number of hydrogen-bond donors (Lipinski definition) is 1. The minimum Gasteiger partial charge on any atom is -0.495 e. The topological polar surface area (TPSA) is 113 Å². The van der Waals surface area contributed by atoms with Crippen molar-refractivity contribution in [2.24, 2.45) is 5.73 Å². The fraction of sp³-hybridized carbons (Fsp3) is 0.333. The van der Waals surface area contributed by atoms with Gasteiger partial charge in [-0.1, -0.05) is 17.7 Å². The Bertz CT molecular complexity index is 670. The van der Waals surface area contributed by atoms with E-state index in [2.05, 4.69) is 0 Å². The number of benzene rings is 1. The number of ether oxygens (including phenoxy) is 1. The molecule has 0 bridgehead atoms. The maximum Gasteiger partial charge on any atom is 0.232 e. The van der Waals surface area contributed by atoms with Crippen LogP contribution in [-0.2, 0) is 20.6 Å². The van der Waals surface area contributed by atoms with Crippen LogP contribution in [0, 0.1) is 11.3 Å². The van der Waals surface area contributed by atoms with Gasteiger partial charge in [-0.2, -0.15) is 9.57 Å². The molecule has 0 atom stereocenters. The van der Waals surface area contributed by atoms with Gasteiger partial charge in [-0.3, -0.25) is 4.79 Å². The van der Waals surface area contributed by atoms with Crippen LogP contribution in [-0.4, -0.2) is 38.8 Å². The van der Waals surface area contributed by atoms with Crippen LogP contribution >= 0.6 is 11.6 Å². The third kappa shape index (κ3) is 4.90. The van der Waals surface area contributed by atoms with Gasteiger partial charge in [0.1, 0.15) is 12.3 Å². The summed E-state index contributed by atoms with van der Waals surface area (Å²) in [6.45, 7) is -0.991. The van der Waals surface area contributed by atoms with Gasteiger partial charge in [0, 0.05) is 0 Å². The summed E-state index contributed by atoms with van der Waals surface area (Å²) in [5, 5.41) is 8.92. The lowest BCUT2D eigenvalue weighted by atomic mass is 10.2. The molecular formula is C12H14ClN3O4S. The largest absolute Gasteiger partial charge is 0.495 e. The van der Waals surface area contributed by atoms with E-state index in [1.807, 2.05) is 0 Å². The van der Waals surface area contributed by atoms with E-state index >= 15 is 0 Å². The van der Waals surface area contributed by atoms with E-state index in [9.17, 15) is 13.2 Å². The second-order valence-electron chi connectivity index (χ2n) is 4.12. The molecule has 7 nitrogen and oxygen atoms in total. The molecule has 1 aromatic rings. The highest BCUT2D eigenvalue weighted by Gasteiger charge is 2.24. The van der Waals surface area contributed by atoms with Crippen LogP contribution in [0.25, 0.3) is 0 Å². The third-order valence-corrected chi connectivity index (χ3v) is 4.58. The lowest BCUT2D eigenvalue weighted by molar-refractivity contribution is -0.118. The Labute approximate surface area is 127 Å². The first-order valence-electron chi connectivity index (χ1n) is 5.75. The molecule has 0 heterocycles. The highest BCUT2D eigenvalue weighted by atomic mass is 35.5. The molecule has 21 heavy (non-hydrogen) atoms. The summed E-state index contributed by atoms with van der Waals surface area (Å²) in [5.74, 6) is -0.809. The number of nitrogens with zero attached hydrogens (tertiary/aromatic N) is 2. The molecule has 0 saturated heterocycles. The molecule has 1 rings (SSSR count). The van der Waals surface area contributed by atoms with Gasteiger partial charge in [0.05, 0.1) is 30.5 Å². The van der Waals surface area contributed by atoms with Gasteiger partial charge in [0.25, 0.3) is 0 Å². The molecule has 0 saturated carbocycles. The molecule has 0 aliphatic heterocycles. The molecular weight excluding hydrogens is 318 g/mol. The zero-order valence-electron chi connectivity index (χ0n) is 11.2. The van der Waals surface area contributed by atoms with Crippen LogP contribution in [0.4, 0.5) is 0 Å². The number of methoxy groups -OCH3 is 1. The molecule has 0 aliphatic rings. The Kier molecular flexibility index (Phi) is 5.96. The van der Waals surface area contributed by atoms with Crippen molar-refractivity contribution in [3.63, 3.8) is 0 Å². The Hall–Kier alpha value is -1.82. The van der Waals surface area contributed by atoms with Crippen molar-refractivity contribution < 1.29 is 17.9 Å². The number of halogens is 1. The summed E-state index contributed by atoms with van der Waals surface area (Å²) in [6, 6.07) is 6.22. The average molecular weight is 332 g/mol. The van der Waals surface area contributed by atoms with E-state index in [-0.39, 0.29) is 5.02 Å². The molecule has 0 unspecified atom stereocenters. The summed E-state index contributed by atoms with van der Waals surface area (Å²) >= 11 is 5.92. The monoisotopic (exact) mass is 331 g/mol. The van der Waals surface area contributed by atoms with Crippen LogP contribution in [0.3, 0.4) is 0 Å². The van der Waals surface area contributed by atoms with E-state index in [0.29, 0.717) is 11.3 Å². The van der Waals surface area contributed by atoms with E-state index in [4.69, 9.17) is 27.3 Å². The minimum atomic E-state index is -3.86. The van der Waals surface area contributed by atoms with Crippen molar-refractivity contribution in [2.45, 2.75) is 5.75 Å². The Morgan fingerprint density at radius 3 is 2.67 bits per heavy atom. The molecule has 0 spiro atoms. The molecule has 0 radical (unpaired) electrons. The smallest absolute Gasteiger partial charge is 0.232 e. The van der Waals surface area contributed by atoms with Gasteiger partial charge in [-0.25, -0.2) is 8.42 Å². The number of rotatable bonds is 7. The number of primary amides is 1. The van der Waals surface area contributed by atoms with Gasteiger partial charge >= 0.3 is 0 Å². The van der Waals surface area contributed by atoms with Gasteiger partial charge < -0.3 is 10.5 Å². The quantitative estimate of drug-likeness (QED) is 0.730. The van der Waals surface area contributed by atoms with E-state index in [1.54, 1.807) is 6.07 Å². The molecule has 2 N–H and O–H groups in total. The predicted molar refractivity (Wildman–Crippen MR) is 77.0 cm³/mol. The fourth-order valence-corrected chi connectivity index (χ4v) is 3.25. The minimum absolute atomic E-state index is 0.270. The molecule has 114 valence electrons. The summed E-state index contributed by atoms with van der Waals surface area (Å²) in [6.07, 6.45) is 0. The van der Waals surface area contributed by atoms with Gasteiger partial charge in [-0.15, -0.1) is 0 Å². The normalized spacial score (nSPS) is 11.1. The Morgan fingerprint density at radius 1 is 1.52 bits per heavy atom. The van der Waals surface area contributed by atoms with Crippen molar-refractivity contribution in [3.05, 3.63) is 28.8 Å². The van der Waals surface area contributed by atoms with Crippen LogP contribution < -0.4 is 10.5 Å². The standard InChI is InChI=1S/C12H14ClN3O4S/c1-20-11-3-2-9(6-10(11)13)8-21(18,19)16(5-4-14)7-12(15)17/h2-3,6H,5,7-8H2,1H3,(H2,15,17). The van der Waals surface area contributed by atoms with E-state index in [1.165, 1.54) is 25.3 Å². The Balaban J connectivity index is 2.99. The van der Waals surface area contributed by atoms with Gasteiger partial charge in [-0.05, 0) is 17.7 Å². The first-order chi connectivity index (χ1) is 9.80. The molecule has 0 aromatic heterocycles. The number of carbonyl (C=O) groups excluding carboxylic acids is 1. The number of amides is 1. The second kappa shape index (κ2) is 7.26. The number of carbonyl (C=O) groups is 1. The fourth-order valence-electron chi connectivity index (χ4n) is 1.61. The number of sulfonamides is 1. The number of nitrogens with two attached hydrogens (primary N) is 1. The molecule has 0 fully saturated rings. The first kappa shape index (κ1) is 17.2. The number of nitriles is 1. The SMILES string of the molecule is COc1ccc(CS(=O)(=O)N(CC#N)CC(N)=O)cc1Cl. The maximum absolute atomic E-state index is 12.2. The lowest BCUT2D eigenvalue weighted by Crippen LogP contribution is -2.39. The lowest BCUT2D eigenvalue weighted by Gasteiger charge is -2.17. The van der Waals surface area contributed by atoms with Crippen molar-refractivity contribution in [1.82, 2.24) is 4.31 Å². The van der Waals surface area contributed by atoms with E-state index < -0.39 is 34.8 Å². The van der Waals surface area contributed by atoms with Crippen LogP contribution in [0.5, 0.6) is 5.75 Å². The summed E-state index contributed by atoms with van der Waals surface area (Å²) in [5.41, 5.74) is 5.39. The van der Waals surface area contributed by atoms with Crippen molar-refractivity contribution >= 4 is 27.5 Å². The highest BCUT2D eigenvalue weighted by Crippen LogP contribution is 2.26. The zero-order chi connectivity index (χ0) is 16.0. The summed E-state index contributed by atoms with van der Waals surface area (Å²) in [7, 11) is -2.41. The molecule has 1 aromatic carbocycles. The zero-order valence-corrected chi connectivity index (χ0v) is 12.8. The average Bonchev–Trinajstić information content (AvgIpc) is 2.37. The summed E-state index contributed by atoms with van der Waals surface area (Å²) in [4.78, 5) is 10.9. The molecule has 0 aliphatic carbocycles. The summed E-state index contributed by atoms with van der Waals surface area (Å²) < 4.78 is 30.1. The second-order valence-corrected chi connectivity index (χ2v) is 6.49.